The molecular formula is C15H11NO3. The van der Waals surface area contributed by atoms with Crippen molar-refractivity contribution >= 4 is 17.1 Å². The number of hydrogen-bond donors (Lipinski definition) is 1. The molecule has 0 amide bonds. The van der Waals surface area contributed by atoms with E-state index in [0.717, 1.165) is 11.1 Å². The van der Waals surface area contributed by atoms with Crippen molar-refractivity contribution in [1.82, 2.24) is 4.98 Å². The van der Waals surface area contributed by atoms with Crippen molar-refractivity contribution in [3.63, 3.8) is 0 Å². The Morgan fingerprint density at radius 3 is 2.68 bits per heavy atom. The van der Waals surface area contributed by atoms with Crippen molar-refractivity contribution in [3.05, 3.63) is 53.6 Å². The Balaban J connectivity index is 2.26. The van der Waals surface area contributed by atoms with Crippen LogP contribution >= 0.6 is 0 Å². The van der Waals surface area contributed by atoms with E-state index < -0.39 is 5.97 Å². The molecule has 0 aliphatic rings. The molecular weight excluding hydrogens is 242 g/mol. The van der Waals surface area contributed by atoms with Crippen molar-refractivity contribution in [2.45, 2.75) is 6.92 Å². The van der Waals surface area contributed by atoms with Gasteiger partial charge in [0.2, 0.25) is 5.89 Å². The number of carbonyl (C=O) groups is 1. The number of fused-ring (bicyclic) bond motifs is 1. The van der Waals surface area contributed by atoms with Crippen molar-refractivity contribution < 1.29 is 14.3 Å². The van der Waals surface area contributed by atoms with Gasteiger partial charge >= 0.3 is 5.97 Å². The predicted molar refractivity (Wildman–Crippen MR) is 71.1 cm³/mol. The van der Waals surface area contributed by atoms with Crippen molar-refractivity contribution in [2.75, 3.05) is 0 Å². The number of hydrogen-bond acceptors (Lipinski definition) is 3. The van der Waals surface area contributed by atoms with Crippen LogP contribution in [0.15, 0.2) is 46.9 Å². The van der Waals surface area contributed by atoms with E-state index in [1.54, 1.807) is 12.1 Å². The molecule has 0 radical (unpaired) electrons. The molecule has 0 aliphatic heterocycles. The molecule has 0 saturated carbocycles. The first kappa shape index (κ1) is 11.5. The fraction of sp³-hybridized carbons (Fsp3) is 0.0667. The molecule has 3 rings (SSSR count). The van der Waals surface area contributed by atoms with Crippen LogP contribution in [0.3, 0.4) is 0 Å². The van der Waals surface area contributed by atoms with Gasteiger partial charge < -0.3 is 9.52 Å². The highest BCUT2D eigenvalue weighted by molar-refractivity contribution is 6.00. The zero-order valence-corrected chi connectivity index (χ0v) is 10.3. The number of rotatable bonds is 2. The van der Waals surface area contributed by atoms with Gasteiger partial charge in [0.15, 0.2) is 5.58 Å². The lowest BCUT2D eigenvalue weighted by atomic mass is 10.1. The maximum Gasteiger partial charge on any atom is 0.339 e. The minimum Gasteiger partial charge on any atom is -0.478 e. The third-order valence-corrected chi connectivity index (χ3v) is 3.02. The Hall–Kier alpha value is -2.62. The predicted octanol–water partition coefficient (Wildman–Crippen LogP) is 3.50. The Morgan fingerprint density at radius 1 is 1.16 bits per heavy atom. The minimum atomic E-state index is -1.02. The summed E-state index contributed by atoms with van der Waals surface area (Å²) in [5, 5.41) is 9.13. The van der Waals surface area contributed by atoms with Crippen LogP contribution in [0.25, 0.3) is 22.6 Å². The first-order chi connectivity index (χ1) is 9.16. The highest BCUT2D eigenvalue weighted by Crippen LogP contribution is 2.28. The molecule has 3 aromatic rings. The fourth-order valence-electron chi connectivity index (χ4n) is 2.05. The van der Waals surface area contributed by atoms with Crippen LogP contribution in [-0.4, -0.2) is 16.1 Å². The van der Waals surface area contributed by atoms with Crippen LogP contribution < -0.4 is 0 Å². The Morgan fingerprint density at radius 2 is 1.95 bits per heavy atom. The maximum atomic E-state index is 11.1. The van der Waals surface area contributed by atoms with Gasteiger partial charge in [-0.2, -0.15) is 0 Å². The summed E-state index contributed by atoms with van der Waals surface area (Å²) in [5.41, 5.74) is 2.90. The number of para-hydroxylation sites is 1. The molecule has 94 valence electrons. The monoisotopic (exact) mass is 253 g/mol. The molecule has 0 bridgehead atoms. The molecule has 19 heavy (non-hydrogen) atoms. The van der Waals surface area contributed by atoms with Crippen LogP contribution in [0.4, 0.5) is 0 Å². The summed E-state index contributed by atoms with van der Waals surface area (Å²) in [7, 11) is 0. The smallest absolute Gasteiger partial charge is 0.339 e. The van der Waals surface area contributed by atoms with Crippen molar-refractivity contribution in [3.8, 4) is 11.5 Å². The number of aryl methyl sites for hydroxylation is 1. The number of oxazole rings is 1. The van der Waals surface area contributed by atoms with Crippen molar-refractivity contribution in [2.24, 2.45) is 0 Å². The lowest BCUT2D eigenvalue weighted by Gasteiger charge is -1.99. The summed E-state index contributed by atoms with van der Waals surface area (Å²) in [6.07, 6.45) is 0. The van der Waals surface area contributed by atoms with Gasteiger partial charge in [-0.3, -0.25) is 0 Å². The first-order valence-electron chi connectivity index (χ1n) is 5.85. The average molecular weight is 253 g/mol. The Labute approximate surface area is 109 Å². The molecule has 1 aromatic heterocycles. The average Bonchev–Trinajstić information content (AvgIpc) is 2.82. The highest BCUT2D eigenvalue weighted by atomic mass is 16.4. The normalized spacial score (nSPS) is 10.8. The third-order valence-electron chi connectivity index (χ3n) is 3.02. The van der Waals surface area contributed by atoms with Crippen LogP contribution in [0.1, 0.15) is 15.9 Å². The zero-order valence-electron chi connectivity index (χ0n) is 10.3. The van der Waals surface area contributed by atoms with Crippen LogP contribution in [-0.2, 0) is 0 Å². The summed E-state index contributed by atoms with van der Waals surface area (Å²) in [6, 6.07) is 12.6. The van der Waals surface area contributed by atoms with Gasteiger partial charge in [-0.05, 0) is 30.7 Å². The van der Waals surface area contributed by atoms with Gasteiger partial charge in [-0.1, -0.05) is 24.3 Å². The summed E-state index contributed by atoms with van der Waals surface area (Å²) in [5.74, 6) is -0.570. The van der Waals surface area contributed by atoms with Gasteiger partial charge in [0.1, 0.15) is 11.1 Å². The summed E-state index contributed by atoms with van der Waals surface area (Å²) in [6.45, 7) is 1.96. The van der Waals surface area contributed by atoms with E-state index in [1.807, 2.05) is 31.2 Å². The van der Waals surface area contributed by atoms with E-state index in [0.29, 0.717) is 17.0 Å². The van der Waals surface area contributed by atoms with E-state index in [1.165, 1.54) is 6.07 Å². The van der Waals surface area contributed by atoms with Crippen LogP contribution in [0.5, 0.6) is 0 Å². The first-order valence-corrected chi connectivity index (χ1v) is 5.85. The number of aromatic nitrogens is 1. The largest absolute Gasteiger partial charge is 0.478 e. The molecule has 4 heteroatoms. The number of carboxylic acid groups (broad SMARTS) is 1. The molecule has 1 heterocycles. The van der Waals surface area contributed by atoms with Gasteiger partial charge in [-0.15, -0.1) is 0 Å². The Bertz CT molecular complexity index is 774. The molecule has 1 N–H and O–H groups in total. The fourth-order valence-corrected chi connectivity index (χ4v) is 2.05. The second-order valence-corrected chi connectivity index (χ2v) is 4.29. The van der Waals surface area contributed by atoms with Crippen molar-refractivity contribution in [1.29, 1.82) is 0 Å². The molecule has 2 aromatic carbocycles. The molecule has 4 nitrogen and oxygen atoms in total. The summed E-state index contributed by atoms with van der Waals surface area (Å²) in [4.78, 5) is 15.5. The molecule has 0 aliphatic carbocycles. The number of nitrogens with zero attached hydrogens (tertiary/aromatic N) is 1. The topological polar surface area (TPSA) is 63.3 Å². The lowest BCUT2D eigenvalue weighted by molar-refractivity contribution is 0.0698. The van der Waals surface area contributed by atoms with Crippen LogP contribution in [0.2, 0.25) is 0 Å². The van der Waals surface area contributed by atoms with Gasteiger partial charge in [0.25, 0.3) is 0 Å². The van der Waals surface area contributed by atoms with E-state index in [4.69, 9.17) is 9.52 Å². The minimum absolute atomic E-state index is 0.129. The van der Waals surface area contributed by atoms with Crippen LogP contribution in [0, 0.1) is 6.92 Å². The molecule has 0 fully saturated rings. The second kappa shape index (κ2) is 4.24. The van der Waals surface area contributed by atoms with E-state index in [9.17, 15) is 4.79 Å². The lowest BCUT2D eigenvalue weighted by Crippen LogP contribution is -1.95. The summed E-state index contributed by atoms with van der Waals surface area (Å²) >= 11 is 0. The number of carboxylic acids is 1. The molecule has 0 saturated heterocycles. The van der Waals surface area contributed by atoms with E-state index in [2.05, 4.69) is 4.98 Å². The van der Waals surface area contributed by atoms with E-state index in [-0.39, 0.29) is 5.56 Å². The number of aromatic carboxylic acids is 1. The summed E-state index contributed by atoms with van der Waals surface area (Å²) < 4.78 is 5.64. The van der Waals surface area contributed by atoms with Gasteiger partial charge in [0, 0.05) is 5.56 Å². The molecule has 0 atom stereocenters. The Kier molecular flexibility index (Phi) is 2.56. The third kappa shape index (κ3) is 1.87. The molecule has 0 unspecified atom stereocenters. The second-order valence-electron chi connectivity index (χ2n) is 4.29. The SMILES string of the molecule is Cc1ccccc1-c1nc2cccc(C(=O)O)c2o1. The maximum absolute atomic E-state index is 11.1. The standard InChI is InChI=1S/C15H11NO3/c1-9-5-2-3-6-10(9)14-16-12-8-4-7-11(15(17)18)13(12)19-14/h2-8H,1H3,(H,17,18). The van der Waals surface area contributed by atoms with Gasteiger partial charge in [-0.25, -0.2) is 9.78 Å². The van der Waals surface area contributed by atoms with Gasteiger partial charge in [0.05, 0.1) is 0 Å². The quantitative estimate of drug-likeness (QED) is 0.759. The highest BCUT2D eigenvalue weighted by Gasteiger charge is 2.16. The molecule has 0 spiro atoms. The van der Waals surface area contributed by atoms with E-state index >= 15 is 0 Å². The number of benzene rings is 2. The zero-order chi connectivity index (χ0) is 13.4.